The van der Waals surface area contributed by atoms with Crippen molar-refractivity contribution < 1.29 is 17.7 Å². The van der Waals surface area contributed by atoms with Crippen LogP contribution in [0.25, 0.3) is 0 Å². The third-order valence-corrected chi connectivity index (χ3v) is 5.63. The van der Waals surface area contributed by atoms with E-state index in [1.807, 2.05) is 0 Å². The Kier molecular flexibility index (Phi) is 4.04. The lowest BCUT2D eigenvalue weighted by atomic mass is 10.1. The zero-order valence-electron chi connectivity index (χ0n) is 13.3. The first-order valence-electron chi connectivity index (χ1n) is 7.03. The highest BCUT2D eigenvalue weighted by Crippen LogP contribution is 2.49. The summed E-state index contributed by atoms with van der Waals surface area (Å²) in [5.74, 6) is 0. The summed E-state index contributed by atoms with van der Waals surface area (Å²) in [4.78, 5) is 14.4. The van der Waals surface area contributed by atoms with E-state index >= 15 is 0 Å². The molecule has 1 aliphatic carbocycles. The van der Waals surface area contributed by atoms with Crippen molar-refractivity contribution in [3.05, 3.63) is 33.6 Å². The molecule has 1 aromatic heterocycles. The lowest BCUT2D eigenvalue weighted by Crippen LogP contribution is -2.27. The minimum absolute atomic E-state index is 0.00544. The van der Waals surface area contributed by atoms with Crippen molar-refractivity contribution in [3.8, 4) is 0 Å². The van der Waals surface area contributed by atoms with E-state index in [2.05, 4.69) is 9.38 Å². The molecule has 2 rings (SSSR count). The van der Waals surface area contributed by atoms with Gasteiger partial charge in [0.05, 0.1) is 26.8 Å². The van der Waals surface area contributed by atoms with Gasteiger partial charge in [0.15, 0.2) is 5.67 Å². The third-order valence-electron chi connectivity index (χ3n) is 3.57. The number of rotatable bonds is 4. The average Bonchev–Trinajstić information content (AvgIpc) is 3.15. The summed E-state index contributed by atoms with van der Waals surface area (Å²) in [5, 5.41) is 11.0. The van der Waals surface area contributed by atoms with Gasteiger partial charge in [0.25, 0.3) is 15.7 Å². The van der Waals surface area contributed by atoms with E-state index in [1.54, 1.807) is 0 Å². The van der Waals surface area contributed by atoms with Gasteiger partial charge in [-0.3, -0.25) is 10.1 Å². The minimum atomic E-state index is -3.83. The van der Waals surface area contributed by atoms with Crippen LogP contribution in [0.5, 0.6) is 0 Å². The number of aromatic nitrogens is 1. The van der Waals surface area contributed by atoms with Gasteiger partial charge in [-0.1, -0.05) is 0 Å². The van der Waals surface area contributed by atoms with E-state index in [0.29, 0.717) is 0 Å². The molecule has 1 aromatic rings. The van der Waals surface area contributed by atoms with Crippen LogP contribution in [-0.2, 0) is 15.7 Å². The highest BCUT2D eigenvalue weighted by Gasteiger charge is 2.47. The monoisotopic (exact) mass is 343 g/mol. The molecule has 0 aromatic carbocycles. The molecule has 126 valence electrons. The maximum Gasteiger partial charge on any atom is 0.273 e. The van der Waals surface area contributed by atoms with Crippen LogP contribution in [-0.4, -0.2) is 28.8 Å². The molecule has 0 amide bonds. The maximum atomic E-state index is 14.2. The summed E-state index contributed by atoms with van der Waals surface area (Å²) in [6.07, 6.45) is 0.494. The van der Waals surface area contributed by atoms with Crippen LogP contribution in [0.3, 0.4) is 0 Å². The highest BCUT2D eigenvalue weighted by atomic mass is 32.2. The molecule has 0 radical (unpaired) electrons. The predicted octanol–water partition coefficient (Wildman–Crippen LogP) is 2.89. The summed E-state index contributed by atoms with van der Waals surface area (Å²) in [6, 6.07) is 2.19. The Morgan fingerprint density at radius 1 is 1.39 bits per heavy atom. The Balaban J connectivity index is 2.55. The van der Waals surface area contributed by atoms with Crippen molar-refractivity contribution in [2.24, 2.45) is 4.40 Å². The Morgan fingerprint density at radius 2 is 1.96 bits per heavy atom. The molecule has 0 N–H and O–H groups in total. The molecule has 0 unspecified atom stereocenters. The summed E-state index contributed by atoms with van der Waals surface area (Å²) in [5.41, 5.74) is -2.06. The number of halogens is 1. The van der Waals surface area contributed by atoms with Crippen LogP contribution < -0.4 is 0 Å². The number of pyridine rings is 1. The summed E-state index contributed by atoms with van der Waals surface area (Å²) in [6.45, 7) is 5.86. The van der Waals surface area contributed by atoms with Crippen molar-refractivity contribution in [3.63, 3.8) is 0 Å². The predicted molar refractivity (Wildman–Crippen MR) is 83.8 cm³/mol. The number of hydrogen-bond acceptors (Lipinski definition) is 5. The average molecular weight is 343 g/mol. The molecule has 23 heavy (non-hydrogen) atoms. The number of hydrogen-bond donors (Lipinski definition) is 0. The van der Waals surface area contributed by atoms with Gasteiger partial charge >= 0.3 is 0 Å². The van der Waals surface area contributed by atoms with Crippen molar-refractivity contribution in [1.29, 1.82) is 0 Å². The molecule has 0 atom stereocenters. The quantitative estimate of drug-likeness (QED) is 0.475. The molecule has 1 saturated carbocycles. The molecule has 1 aliphatic rings. The van der Waals surface area contributed by atoms with Crippen LogP contribution in [0.15, 0.2) is 16.5 Å². The zero-order chi connectivity index (χ0) is 17.6. The van der Waals surface area contributed by atoms with Gasteiger partial charge in [-0.15, -0.1) is 0 Å². The lowest BCUT2D eigenvalue weighted by molar-refractivity contribution is -0.385. The molecule has 7 nitrogen and oxygen atoms in total. The first-order valence-corrected chi connectivity index (χ1v) is 8.47. The maximum absolute atomic E-state index is 14.2. The van der Waals surface area contributed by atoms with Gasteiger partial charge in [0.1, 0.15) is 0 Å². The van der Waals surface area contributed by atoms with E-state index in [-0.39, 0.29) is 35.6 Å². The number of sulfonamides is 1. The van der Waals surface area contributed by atoms with Gasteiger partial charge in [-0.2, -0.15) is 4.40 Å². The van der Waals surface area contributed by atoms with Crippen LogP contribution in [0, 0.1) is 10.1 Å². The molecule has 1 fully saturated rings. The van der Waals surface area contributed by atoms with Crippen molar-refractivity contribution in [2.75, 3.05) is 0 Å². The van der Waals surface area contributed by atoms with Crippen molar-refractivity contribution in [1.82, 2.24) is 4.98 Å². The van der Waals surface area contributed by atoms with Crippen molar-refractivity contribution >= 4 is 21.4 Å². The Bertz CT molecular complexity index is 793. The highest BCUT2D eigenvalue weighted by molar-refractivity contribution is 7.91. The first-order chi connectivity index (χ1) is 10.4. The van der Waals surface area contributed by atoms with E-state index in [1.165, 1.54) is 27.7 Å². The van der Waals surface area contributed by atoms with E-state index in [9.17, 15) is 22.9 Å². The SMILES string of the molecule is C/C(=N\S(=O)(=O)C(C)(C)C)c1cc([N+](=O)[O-])cc(C2(F)CC2)n1. The molecule has 0 spiro atoms. The van der Waals surface area contributed by atoms with Crippen molar-refractivity contribution in [2.45, 2.75) is 51.0 Å². The molecule has 0 aliphatic heterocycles. The second kappa shape index (κ2) is 5.33. The van der Waals surface area contributed by atoms with E-state index in [4.69, 9.17) is 0 Å². The fourth-order valence-corrected chi connectivity index (χ4v) is 2.49. The molecule has 0 saturated heterocycles. The molecular formula is C14H18FN3O4S. The van der Waals surface area contributed by atoms with E-state index < -0.39 is 25.4 Å². The Hall–Kier alpha value is -1.90. The van der Waals surface area contributed by atoms with Crippen LogP contribution in [0.4, 0.5) is 10.1 Å². The molecular weight excluding hydrogens is 325 g/mol. The largest absolute Gasteiger partial charge is 0.273 e. The van der Waals surface area contributed by atoms with Gasteiger partial charge in [-0.25, -0.2) is 17.8 Å². The van der Waals surface area contributed by atoms with Crippen LogP contribution in [0.1, 0.15) is 51.9 Å². The number of nitro groups is 1. The zero-order valence-corrected chi connectivity index (χ0v) is 14.1. The first kappa shape index (κ1) is 17.5. The molecule has 9 heteroatoms. The minimum Gasteiger partial charge on any atom is -0.258 e. The topological polar surface area (TPSA) is 103 Å². The molecule has 1 heterocycles. The number of alkyl halides is 1. The van der Waals surface area contributed by atoms with Gasteiger partial charge in [0, 0.05) is 12.1 Å². The summed E-state index contributed by atoms with van der Waals surface area (Å²) >= 11 is 0. The third kappa shape index (κ3) is 3.54. The van der Waals surface area contributed by atoms with E-state index in [0.717, 1.165) is 12.1 Å². The normalized spacial score (nSPS) is 17.9. The summed E-state index contributed by atoms with van der Waals surface area (Å²) < 4.78 is 41.0. The van der Waals surface area contributed by atoms with Gasteiger partial charge < -0.3 is 0 Å². The fourth-order valence-electron chi connectivity index (χ4n) is 1.77. The number of nitrogens with zero attached hydrogens (tertiary/aromatic N) is 3. The van der Waals surface area contributed by atoms with Crippen LogP contribution >= 0.6 is 0 Å². The lowest BCUT2D eigenvalue weighted by Gasteiger charge is -2.15. The Labute approximate surface area is 133 Å². The molecule has 0 bridgehead atoms. The van der Waals surface area contributed by atoms with Crippen LogP contribution in [0.2, 0.25) is 0 Å². The second-order valence-electron chi connectivity index (χ2n) is 6.58. The standard InChI is InChI=1S/C14H18FN3O4S/c1-9(17-23(21,22)13(2,3)4)11-7-10(18(19)20)8-12(16-11)14(15)5-6-14/h7-8H,5-6H2,1-4H3/b17-9+. The smallest absolute Gasteiger partial charge is 0.258 e. The van der Waals surface area contributed by atoms with Gasteiger partial charge in [-0.05, 0) is 40.5 Å². The fraction of sp³-hybridized carbons (Fsp3) is 0.571. The summed E-state index contributed by atoms with van der Waals surface area (Å²) in [7, 11) is -3.83. The second-order valence-corrected chi connectivity index (χ2v) is 8.94. The Morgan fingerprint density at radius 3 is 2.39 bits per heavy atom. The van der Waals surface area contributed by atoms with Gasteiger partial charge in [0.2, 0.25) is 0 Å².